The van der Waals surface area contributed by atoms with Gasteiger partial charge < -0.3 is 4.42 Å². The lowest BCUT2D eigenvalue weighted by Gasteiger charge is -2.01. The monoisotopic (exact) mass is 414 g/mol. The van der Waals surface area contributed by atoms with E-state index in [1.807, 2.05) is 48.5 Å². The highest BCUT2D eigenvalue weighted by atomic mass is 32.2. The van der Waals surface area contributed by atoms with E-state index in [-0.39, 0.29) is 16.8 Å². The standard InChI is InChI=1S/C18H14N4O4S2/c1-10(22-28(24)25)16-20-21-17(26-16)15(23)18-19-13-8-7-12(9-14(13)27-18)11-5-3-2-4-6-11/h2-10,28H,1H3,(H,22,24,25)/t10-/m0/s1. The minimum Gasteiger partial charge on any atom is -0.416 e. The number of hydrogen-bond acceptors (Lipinski definition) is 8. The van der Waals surface area contributed by atoms with Gasteiger partial charge in [0.25, 0.3) is 11.7 Å². The molecule has 0 bridgehead atoms. The summed E-state index contributed by atoms with van der Waals surface area (Å²) < 4.78 is 29.9. The lowest BCUT2D eigenvalue weighted by atomic mass is 10.1. The fraction of sp³-hybridized carbons (Fsp3) is 0.111. The largest absolute Gasteiger partial charge is 0.416 e. The van der Waals surface area contributed by atoms with E-state index in [9.17, 15) is 13.2 Å². The molecule has 0 amide bonds. The number of carbonyl (C=O) groups is 1. The summed E-state index contributed by atoms with van der Waals surface area (Å²) in [6, 6.07) is 15.0. The minimum absolute atomic E-state index is 0.00928. The van der Waals surface area contributed by atoms with E-state index < -0.39 is 22.7 Å². The van der Waals surface area contributed by atoms with Gasteiger partial charge in [-0.15, -0.1) is 21.5 Å². The number of aromatic nitrogens is 3. The summed E-state index contributed by atoms with van der Waals surface area (Å²) in [6.07, 6.45) is 0. The molecule has 0 aliphatic heterocycles. The van der Waals surface area contributed by atoms with E-state index in [1.54, 1.807) is 0 Å². The topological polar surface area (TPSA) is 115 Å². The van der Waals surface area contributed by atoms with Crippen molar-refractivity contribution in [3.05, 3.63) is 65.3 Å². The summed E-state index contributed by atoms with van der Waals surface area (Å²) in [7, 11) is -2.82. The van der Waals surface area contributed by atoms with E-state index in [0.29, 0.717) is 5.52 Å². The Balaban J connectivity index is 1.62. The van der Waals surface area contributed by atoms with E-state index in [4.69, 9.17) is 4.42 Å². The highest BCUT2D eigenvalue weighted by molar-refractivity contribution is 7.70. The highest BCUT2D eigenvalue weighted by Crippen LogP contribution is 2.29. The molecule has 0 spiro atoms. The van der Waals surface area contributed by atoms with Gasteiger partial charge in [-0.3, -0.25) is 4.79 Å². The first-order chi connectivity index (χ1) is 13.5. The number of fused-ring (bicyclic) bond motifs is 1. The van der Waals surface area contributed by atoms with Crippen LogP contribution in [-0.4, -0.2) is 29.4 Å². The van der Waals surface area contributed by atoms with Crippen molar-refractivity contribution in [2.24, 2.45) is 0 Å². The quantitative estimate of drug-likeness (QED) is 0.368. The van der Waals surface area contributed by atoms with E-state index in [0.717, 1.165) is 15.8 Å². The molecule has 0 fully saturated rings. The Morgan fingerprint density at radius 1 is 1.11 bits per heavy atom. The van der Waals surface area contributed by atoms with Crippen molar-refractivity contribution in [3.63, 3.8) is 0 Å². The molecular weight excluding hydrogens is 400 g/mol. The van der Waals surface area contributed by atoms with Crippen LogP contribution in [0.5, 0.6) is 0 Å². The number of hydrogen-bond donors (Lipinski definition) is 2. The van der Waals surface area contributed by atoms with E-state index >= 15 is 0 Å². The zero-order valence-electron chi connectivity index (χ0n) is 14.5. The van der Waals surface area contributed by atoms with Crippen molar-refractivity contribution in [1.29, 1.82) is 0 Å². The van der Waals surface area contributed by atoms with Gasteiger partial charge in [-0.1, -0.05) is 36.4 Å². The number of carbonyl (C=O) groups excluding carboxylic acids is 1. The summed E-state index contributed by atoms with van der Waals surface area (Å²) in [4.78, 5) is 17.0. The predicted octanol–water partition coefficient (Wildman–Crippen LogP) is 2.75. The minimum atomic E-state index is -2.82. The smallest absolute Gasteiger partial charge is 0.291 e. The second kappa shape index (κ2) is 7.58. The molecule has 0 radical (unpaired) electrons. The van der Waals surface area contributed by atoms with E-state index in [2.05, 4.69) is 19.9 Å². The number of ketones is 1. The molecule has 2 aromatic heterocycles. The molecule has 0 saturated heterocycles. The van der Waals surface area contributed by atoms with Crippen LogP contribution < -0.4 is 4.72 Å². The van der Waals surface area contributed by atoms with Gasteiger partial charge in [-0.25, -0.2) is 18.1 Å². The third-order valence-corrected chi connectivity index (χ3v) is 5.61. The van der Waals surface area contributed by atoms with Gasteiger partial charge in [0.05, 0.1) is 16.3 Å². The van der Waals surface area contributed by atoms with Crippen molar-refractivity contribution in [2.75, 3.05) is 0 Å². The Labute approximate surface area is 165 Å². The normalized spacial score (nSPS) is 12.5. The maximum absolute atomic E-state index is 12.6. The fourth-order valence-corrected chi connectivity index (χ4v) is 4.00. The Kier molecular flexibility index (Phi) is 4.99. The van der Waals surface area contributed by atoms with Gasteiger partial charge >= 0.3 is 0 Å². The molecule has 0 aliphatic rings. The SMILES string of the molecule is C[C@H](N[SH](=O)=O)c1nnc(C(=O)c2nc3ccc(-c4ccccc4)cc3s2)o1. The molecule has 8 nitrogen and oxygen atoms in total. The summed E-state index contributed by atoms with van der Waals surface area (Å²) in [6.45, 7) is 1.54. The molecule has 10 heteroatoms. The van der Waals surface area contributed by atoms with Crippen LogP contribution in [0.1, 0.15) is 34.5 Å². The van der Waals surface area contributed by atoms with Crippen LogP contribution in [0.2, 0.25) is 0 Å². The second-order valence-corrected chi connectivity index (χ2v) is 7.75. The molecule has 2 aromatic carbocycles. The van der Waals surface area contributed by atoms with Crippen LogP contribution in [0.3, 0.4) is 0 Å². The second-order valence-electron chi connectivity index (χ2n) is 5.95. The van der Waals surface area contributed by atoms with Crippen molar-refractivity contribution < 1.29 is 17.6 Å². The Hall–Kier alpha value is -2.95. The zero-order valence-corrected chi connectivity index (χ0v) is 16.2. The number of nitrogens with one attached hydrogen (secondary N) is 1. The first-order valence-corrected chi connectivity index (χ1v) is 10.3. The van der Waals surface area contributed by atoms with Gasteiger partial charge in [0.2, 0.25) is 16.8 Å². The van der Waals surface area contributed by atoms with Crippen LogP contribution in [-0.2, 0) is 10.9 Å². The summed E-state index contributed by atoms with van der Waals surface area (Å²) in [5.74, 6) is -0.720. The van der Waals surface area contributed by atoms with Gasteiger partial charge in [-0.05, 0) is 30.2 Å². The maximum atomic E-state index is 12.6. The molecule has 0 saturated carbocycles. The molecule has 4 aromatic rings. The number of nitrogens with zero attached hydrogens (tertiary/aromatic N) is 3. The molecule has 28 heavy (non-hydrogen) atoms. The Bertz CT molecular complexity index is 1220. The third kappa shape index (κ3) is 3.70. The average molecular weight is 414 g/mol. The van der Waals surface area contributed by atoms with Gasteiger partial charge in [-0.2, -0.15) is 0 Å². The fourth-order valence-electron chi connectivity index (χ4n) is 2.64. The van der Waals surface area contributed by atoms with Crippen LogP contribution in [0.25, 0.3) is 21.3 Å². The molecule has 0 aliphatic carbocycles. The van der Waals surface area contributed by atoms with Crippen molar-refractivity contribution in [2.45, 2.75) is 13.0 Å². The van der Waals surface area contributed by atoms with Crippen LogP contribution in [0.15, 0.2) is 52.9 Å². The molecular formula is C18H14N4O4S2. The molecule has 0 unspecified atom stereocenters. The van der Waals surface area contributed by atoms with E-state index in [1.165, 1.54) is 18.3 Å². The molecule has 2 heterocycles. The summed E-state index contributed by atoms with van der Waals surface area (Å²) in [5, 5.41) is 7.68. The van der Waals surface area contributed by atoms with Gasteiger partial charge in [0.1, 0.15) is 0 Å². The van der Waals surface area contributed by atoms with Gasteiger partial charge in [0, 0.05) is 0 Å². The summed E-state index contributed by atoms with van der Waals surface area (Å²) >= 11 is 1.24. The van der Waals surface area contributed by atoms with Crippen molar-refractivity contribution in [1.82, 2.24) is 19.9 Å². The first-order valence-electron chi connectivity index (χ1n) is 8.26. The number of thiol groups is 1. The maximum Gasteiger partial charge on any atom is 0.291 e. The van der Waals surface area contributed by atoms with Crippen LogP contribution in [0, 0.1) is 0 Å². The highest BCUT2D eigenvalue weighted by Gasteiger charge is 2.23. The third-order valence-electron chi connectivity index (χ3n) is 3.99. The van der Waals surface area contributed by atoms with Crippen molar-refractivity contribution in [3.8, 4) is 11.1 Å². The Morgan fingerprint density at radius 2 is 1.89 bits per heavy atom. The first kappa shape index (κ1) is 18.4. The van der Waals surface area contributed by atoms with Crippen LogP contribution >= 0.6 is 11.3 Å². The number of thiazole rings is 1. The molecule has 1 N–H and O–H groups in total. The lowest BCUT2D eigenvalue weighted by molar-refractivity contribution is 0.1000. The zero-order chi connectivity index (χ0) is 19.7. The number of rotatable bonds is 6. The lowest BCUT2D eigenvalue weighted by Crippen LogP contribution is -2.16. The molecule has 4 rings (SSSR count). The summed E-state index contributed by atoms with van der Waals surface area (Å²) in [5.41, 5.74) is 2.80. The number of benzene rings is 2. The van der Waals surface area contributed by atoms with Crippen molar-refractivity contribution >= 4 is 38.2 Å². The average Bonchev–Trinajstić information content (AvgIpc) is 3.34. The molecule has 1 atom stereocenters. The Morgan fingerprint density at radius 3 is 2.64 bits per heavy atom. The predicted molar refractivity (Wildman–Crippen MR) is 105 cm³/mol. The van der Waals surface area contributed by atoms with Gasteiger partial charge in [0.15, 0.2) is 5.01 Å². The molecule has 142 valence electrons. The van der Waals surface area contributed by atoms with Crippen LogP contribution in [0.4, 0.5) is 0 Å².